The van der Waals surface area contributed by atoms with E-state index in [2.05, 4.69) is 49.0 Å². The van der Waals surface area contributed by atoms with E-state index in [1.165, 1.54) is 12.8 Å². The third kappa shape index (κ3) is 3.66. The molecule has 0 spiro atoms. The van der Waals surface area contributed by atoms with Crippen LogP contribution in [0.3, 0.4) is 0 Å². The highest BCUT2D eigenvalue weighted by Gasteiger charge is 2.22. The molecule has 1 aliphatic rings. The Balaban J connectivity index is 1.68. The maximum atomic E-state index is 4.65. The Kier molecular flexibility index (Phi) is 5.32. The largest absolute Gasteiger partial charge is 0.356 e. The number of benzene rings is 1. The van der Waals surface area contributed by atoms with Crippen molar-refractivity contribution in [1.29, 1.82) is 0 Å². The first-order valence-electron chi connectivity index (χ1n) is 9.02. The maximum absolute atomic E-state index is 4.65. The molecule has 0 amide bonds. The van der Waals surface area contributed by atoms with Crippen LogP contribution in [0.25, 0.3) is 22.2 Å². The molecule has 1 aliphatic heterocycles. The summed E-state index contributed by atoms with van der Waals surface area (Å²) in [5, 5.41) is 1.11. The number of pyridine rings is 1. The van der Waals surface area contributed by atoms with Gasteiger partial charge in [-0.1, -0.05) is 24.1 Å². The normalized spacial score (nSPS) is 17.6. The van der Waals surface area contributed by atoms with Crippen LogP contribution >= 0.6 is 11.9 Å². The lowest BCUT2D eigenvalue weighted by molar-refractivity contribution is 0.415. The number of rotatable bonds is 5. The number of piperidine rings is 1. The molecule has 3 heterocycles. The van der Waals surface area contributed by atoms with Gasteiger partial charge in [-0.3, -0.25) is 9.71 Å². The maximum Gasteiger partial charge on any atom is 0.139 e. The predicted octanol–water partition coefficient (Wildman–Crippen LogP) is 3.78. The first-order valence-corrected chi connectivity index (χ1v) is 10.2. The number of anilines is 1. The van der Waals surface area contributed by atoms with Crippen LogP contribution in [0.4, 0.5) is 5.82 Å². The van der Waals surface area contributed by atoms with Crippen molar-refractivity contribution < 1.29 is 0 Å². The van der Waals surface area contributed by atoms with Gasteiger partial charge in [-0.25, -0.2) is 9.97 Å². The van der Waals surface area contributed by atoms with Crippen LogP contribution < -0.4 is 9.62 Å². The molecule has 1 aromatic carbocycles. The Bertz CT molecular complexity index is 870. The van der Waals surface area contributed by atoms with Crippen molar-refractivity contribution in [2.24, 2.45) is 5.92 Å². The minimum absolute atomic E-state index is 0.653. The molecule has 5 nitrogen and oxygen atoms in total. The number of hydrogen-bond donors (Lipinski definition) is 1. The van der Waals surface area contributed by atoms with Gasteiger partial charge in [-0.15, -0.1) is 0 Å². The number of nitrogens with zero attached hydrogens (tertiary/aromatic N) is 4. The summed E-state index contributed by atoms with van der Waals surface area (Å²) in [5.74, 6) is 1.70. The third-order valence-electron chi connectivity index (χ3n) is 4.91. The summed E-state index contributed by atoms with van der Waals surface area (Å²) in [7, 11) is 0. The van der Waals surface area contributed by atoms with Crippen molar-refractivity contribution >= 4 is 28.7 Å². The molecule has 0 bridgehead atoms. The van der Waals surface area contributed by atoms with E-state index < -0.39 is 0 Å². The minimum Gasteiger partial charge on any atom is -0.356 e. The fraction of sp³-hybridized carbons (Fsp3) is 0.350. The molecule has 0 saturated carbocycles. The Morgan fingerprint density at radius 2 is 2.15 bits per heavy atom. The van der Waals surface area contributed by atoms with Crippen LogP contribution in [0.2, 0.25) is 0 Å². The Labute approximate surface area is 158 Å². The lowest BCUT2D eigenvalue weighted by Crippen LogP contribution is -2.39. The summed E-state index contributed by atoms with van der Waals surface area (Å²) >= 11 is 1.69. The van der Waals surface area contributed by atoms with Crippen LogP contribution in [-0.2, 0) is 0 Å². The van der Waals surface area contributed by atoms with E-state index in [0.29, 0.717) is 5.92 Å². The molecule has 1 fully saturated rings. The Hall–Kier alpha value is -2.18. The highest BCUT2D eigenvalue weighted by Crippen LogP contribution is 2.30. The highest BCUT2D eigenvalue weighted by molar-refractivity contribution is 7.96. The fourth-order valence-corrected chi connectivity index (χ4v) is 4.02. The van der Waals surface area contributed by atoms with Gasteiger partial charge in [0.25, 0.3) is 0 Å². The van der Waals surface area contributed by atoms with Gasteiger partial charge in [0.2, 0.25) is 0 Å². The summed E-state index contributed by atoms with van der Waals surface area (Å²) in [6.45, 7) is 3.13. The van der Waals surface area contributed by atoms with Gasteiger partial charge in [0, 0.05) is 36.8 Å². The Morgan fingerprint density at radius 3 is 3.00 bits per heavy atom. The zero-order valence-electron chi connectivity index (χ0n) is 14.9. The van der Waals surface area contributed by atoms with Crippen LogP contribution in [0.1, 0.15) is 12.8 Å². The van der Waals surface area contributed by atoms with Gasteiger partial charge in [0.05, 0.1) is 11.2 Å². The second-order valence-corrected chi connectivity index (χ2v) is 7.35. The van der Waals surface area contributed by atoms with E-state index in [1.54, 1.807) is 18.3 Å². The van der Waals surface area contributed by atoms with Crippen molar-refractivity contribution in [3.8, 4) is 11.3 Å². The average Bonchev–Trinajstić information content (AvgIpc) is 2.72. The molecule has 4 rings (SSSR count). The van der Waals surface area contributed by atoms with Crippen molar-refractivity contribution in [1.82, 2.24) is 19.7 Å². The summed E-state index contributed by atoms with van der Waals surface area (Å²) in [4.78, 5) is 16.0. The number of hydrogen-bond acceptors (Lipinski definition) is 6. The second-order valence-electron chi connectivity index (χ2n) is 6.65. The monoisotopic (exact) mass is 365 g/mol. The molecule has 6 heteroatoms. The smallest absolute Gasteiger partial charge is 0.139 e. The fourth-order valence-electron chi connectivity index (χ4n) is 3.61. The summed E-state index contributed by atoms with van der Waals surface area (Å²) in [5.41, 5.74) is 3.07. The standard InChI is InChI=1S/C20H23N5S/c1-26-24-12-15-5-4-10-25(13-15)20-17-11-16(18-6-2-3-9-21-18)7-8-19(17)22-14-23-20/h2-3,6-9,11,14-15,24H,4-5,10,12-13H2,1H3. The SMILES string of the molecule is CSNCC1CCCN(c2ncnc3ccc(-c4ccccn4)cc23)C1. The molecule has 3 aromatic rings. The third-order valence-corrected chi connectivity index (χ3v) is 5.37. The van der Waals surface area contributed by atoms with Gasteiger partial charge >= 0.3 is 0 Å². The predicted molar refractivity (Wildman–Crippen MR) is 109 cm³/mol. The average molecular weight is 366 g/mol. The topological polar surface area (TPSA) is 53.9 Å². The molecule has 1 N–H and O–H groups in total. The number of aromatic nitrogens is 3. The summed E-state index contributed by atoms with van der Waals surface area (Å²) in [6, 6.07) is 12.3. The van der Waals surface area contributed by atoms with Crippen molar-refractivity contribution in [3.05, 3.63) is 48.9 Å². The van der Waals surface area contributed by atoms with Crippen LogP contribution in [0.5, 0.6) is 0 Å². The molecule has 26 heavy (non-hydrogen) atoms. The quantitative estimate of drug-likeness (QED) is 0.695. The molecule has 1 saturated heterocycles. The van der Waals surface area contributed by atoms with E-state index in [9.17, 15) is 0 Å². The van der Waals surface area contributed by atoms with E-state index in [4.69, 9.17) is 0 Å². The molecule has 134 valence electrons. The molecular weight excluding hydrogens is 342 g/mol. The zero-order chi connectivity index (χ0) is 17.8. The lowest BCUT2D eigenvalue weighted by atomic mass is 9.98. The van der Waals surface area contributed by atoms with Gasteiger partial charge in [-0.05, 0) is 49.3 Å². The van der Waals surface area contributed by atoms with Gasteiger partial charge in [0.1, 0.15) is 12.1 Å². The van der Waals surface area contributed by atoms with E-state index in [-0.39, 0.29) is 0 Å². The first-order chi connectivity index (χ1) is 12.8. The Morgan fingerprint density at radius 1 is 1.19 bits per heavy atom. The summed E-state index contributed by atoms with van der Waals surface area (Å²) in [6.07, 6.45) is 8.06. The molecular formula is C20H23N5S. The van der Waals surface area contributed by atoms with Crippen molar-refractivity contribution in [2.45, 2.75) is 12.8 Å². The van der Waals surface area contributed by atoms with Gasteiger partial charge < -0.3 is 4.90 Å². The highest BCUT2D eigenvalue weighted by atomic mass is 32.2. The van der Waals surface area contributed by atoms with Crippen LogP contribution in [-0.4, -0.2) is 40.8 Å². The van der Waals surface area contributed by atoms with Gasteiger partial charge in [-0.2, -0.15) is 0 Å². The van der Waals surface area contributed by atoms with E-state index in [0.717, 1.165) is 47.6 Å². The molecule has 0 radical (unpaired) electrons. The van der Waals surface area contributed by atoms with Crippen molar-refractivity contribution in [2.75, 3.05) is 30.8 Å². The van der Waals surface area contributed by atoms with Crippen LogP contribution in [0, 0.1) is 5.92 Å². The summed E-state index contributed by atoms with van der Waals surface area (Å²) < 4.78 is 3.41. The second kappa shape index (κ2) is 8.01. The number of nitrogens with one attached hydrogen (secondary N) is 1. The van der Waals surface area contributed by atoms with Gasteiger partial charge in [0.15, 0.2) is 0 Å². The molecule has 2 aromatic heterocycles. The lowest BCUT2D eigenvalue weighted by Gasteiger charge is -2.34. The van der Waals surface area contributed by atoms with E-state index in [1.807, 2.05) is 24.4 Å². The van der Waals surface area contributed by atoms with Crippen LogP contribution in [0.15, 0.2) is 48.9 Å². The molecule has 0 aliphatic carbocycles. The zero-order valence-corrected chi connectivity index (χ0v) is 15.7. The molecule has 1 atom stereocenters. The van der Waals surface area contributed by atoms with E-state index >= 15 is 0 Å². The first kappa shape index (κ1) is 17.2. The number of fused-ring (bicyclic) bond motifs is 1. The van der Waals surface area contributed by atoms with Crippen molar-refractivity contribution in [3.63, 3.8) is 0 Å². The minimum atomic E-state index is 0.653. The molecule has 1 unspecified atom stereocenters.